The number of ether oxygens (including phenoxy) is 2. The standard InChI is InChI=1S/C23H24ClN3O3/c1-29-21-10-9-16(12-22(21)30-2)20-8-5-11-27(20)23(28)18-13-25-26(15-18)14-17-6-3-4-7-19(17)24/h3-4,6-7,9-10,12-13,15,20H,5,8,11,14H2,1-2H3. The van der Waals surface area contributed by atoms with Crippen LogP contribution in [0.2, 0.25) is 5.02 Å². The second kappa shape index (κ2) is 8.79. The molecule has 0 spiro atoms. The van der Waals surface area contributed by atoms with Crippen LogP contribution in [0.4, 0.5) is 0 Å². The Morgan fingerprint density at radius 1 is 1.17 bits per heavy atom. The zero-order valence-corrected chi connectivity index (χ0v) is 17.8. The molecule has 0 N–H and O–H groups in total. The molecule has 1 atom stereocenters. The third kappa shape index (κ3) is 4.00. The molecule has 6 nitrogen and oxygen atoms in total. The Kier molecular flexibility index (Phi) is 5.95. The van der Waals surface area contributed by atoms with Gasteiger partial charge >= 0.3 is 0 Å². The third-order valence-electron chi connectivity index (χ3n) is 5.48. The summed E-state index contributed by atoms with van der Waals surface area (Å²) in [5.41, 5.74) is 2.59. The Bertz CT molecular complexity index is 1050. The minimum Gasteiger partial charge on any atom is -0.493 e. The van der Waals surface area contributed by atoms with Gasteiger partial charge in [0, 0.05) is 17.8 Å². The van der Waals surface area contributed by atoms with Crippen molar-refractivity contribution in [2.24, 2.45) is 0 Å². The normalized spacial score (nSPS) is 16.0. The minimum absolute atomic E-state index is 0.00391. The second-order valence-electron chi connectivity index (χ2n) is 7.29. The SMILES string of the molecule is COc1ccc(C2CCCN2C(=O)c2cnn(Cc3ccccc3Cl)c2)cc1OC. The summed E-state index contributed by atoms with van der Waals surface area (Å²) in [7, 11) is 3.23. The Hall–Kier alpha value is -2.99. The van der Waals surface area contributed by atoms with Crippen LogP contribution in [0.5, 0.6) is 11.5 Å². The summed E-state index contributed by atoms with van der Waals surface area (Å²) >= 11 is 6.24. The summed E-state index contributed by atoms with van der Waals surface area (Å²) in [4.78, 5) is 15.1. The molecule has 1 fully saturated rings. The Morgan fingerprint density at radius 3 is 2.73 bits per heavy atom. The Balaban J connectivity index is 1.53. The molecule has 3 aromatic rings. The fourth-order valence-electron chi connectivity index (χ4n) is 3.94. The molecule has 1 aliphatic rings. The van der Waals surface area contributed by atoms with Crippen LogP contribution in [0.3, 0.4) is 0 Å². The van der Waals surface area contributed by atoms with Gasteiger partial charge in [-0.15, -0.1) is 0 Å². The number of halogens is 1. The number of hydrogen-bond acceptors (Lipinski definition) is 4. The molecule has 1 saturated heterocycles. The summed E-state index contributed by atoms with van der Waals surface area (Å²) in [5.74, 6) is 1.33. The number of hydrogen-bond donors (Lipinski definition) is 0. The molecule has 2 heterocycles. The van der Waals surface area contributed by atoms with Crippen LogP contribution in [0.25, 0.3) is 0 Å². The summed E-state index contributed by atoms with van der Waals surface area (Å²) in [6, 6.07) is 13.5. The summed E-state index contributed by atoms with van der Waals surface area (Å²) in [5, 5.41) is 5.06. The molecule has 0 radical (unpaired) electrons. The van der Waals surface area contributed by atoms with Crippen molar-refractivity contribution in [3.05, 3.63) is 76.6 Å². The van der Waals surface area contributed by atoms with Gasteiger partial charge in [0.15, 0.2) is 11.5 Å². The lowest BCUT2D eigenvalue weighted by molar-refractivity contribution is 0.0735. The highest BCUT2D eigenvalue weighted by molar-refractivity contribution is 6.31. The van der Waals surface area contributed by atoms with E-state index in [1.165, 1.54) is 0 Å². The van der Waals surface area contributed by atoms with Crippen LogP contribution in [-0.4, -0.2) is 41.4 Å². The van der Waals surface area contributed by atoms with E-state index in [0.717, 1.165) is 24.0 Å². The number of aromatic nitrogens is 2. The predicted octanol–water partition coefficient (Wildman–Crippen LogP) is 4.58. The highest BCUT2D eigenvalue weighted by Crippen LogP contribution is 2.37. The van der Waals surface area contributed by atoms with Gasteiger partial charge in [-0.1, -0.05) is 35.9 Å². The van der Waals surface area contributed by atoms with Gasteiger partial charge in [0.1, 0.15) is 0 Å². The number of methoxy groups -OCH3 is 2. The first-order chi connectivity index (χ1) is 14.6. The van der Waals surface area contributed by atoms with Gasteiger partial charge in [0.25, 0.3) is 5.91 Å². The third-order valence-corrected chi connectivity index (χ3v) is 5.85. The van der Waals surface area contributed by atoms with E-state index in [1.54, 1.807) is 31.3 Å². The molecular formula is C23H24ClN3O3. The molecule has 156 valence electrons. The van der Waals surface area contributed by atoms with E-state index in [-0.39, 0.29) is 11.9 Å². The molecule has 1 aliphatic heterocycles. The van der Waals surface area contributed by atoms with Gasteiger partial charge in [-0.3, -0.25) is 9.48 Å². The van der Waals surface area contributed by atoms with Crippen molar-refractivity contribution in [2.75, 3.05) is 20.8 Å². The molecule has 30 heavy (non-hydrogen) atoms. The van der Waals surface area contributed by atoms with Crippen LogP contribution in [0.15, 0.2) is 54.9 Å². The minimum atomic E-state index is -0.0160. The van der Waals surface area contributed by atoms with E-state index in [0.29, 0.717) is 35.2 Å². The molecule has 7 heteroatoms. The van der Waals surface area contributed by atoms with Gasteiger partial charge in [-0.2, -0.15) is 5.10 Å². The maximum Gasteiger partial charge on any atom is 0.257 e. The van der Waals surface area contributed by atoms with Crippen LogP contribution in [-0.2, 0) is 6.54 Å². The first kappa shape index (κ1) is 20.3. The first-order valence-corrected chi connectivity index (χ1v) is 10.3. The monoisotopic (exact) mass is 425 g/mol. The van der Waals surface area contributed by atoms with Gasteiger partial charge in [-0.05, 0) is 42.2 Å². The average Bonchev–Trinajstić information content (AvgIpc) is 3.44. The maximum absolute atomic E-state index is 13.2. The number of carbonyl (C=O) groups is 1. The number of carbonyl (C=O) groups excluding carboxylic acids is 1. The van der Waals surface area contributed by atoms with E-state index in [9.17, 15) is 4.79 Å². The van der Waals surface area contributed by atoms with Crippen molar-refractivity contribution in [3.8, 4) is 11.5 Å². The zero-order valence-electron chi connectivity index (χ0n) is 17.0. The average molecular weight is 426 g/mol. The van der Waals surface area contributed by atoms with Gasteiger partial charge in [0.2, 0.25) is 0 Å². The van der Waals surface area contributed by atoms with Crippen molar-refractivity contribution in [1.29, 1.82) is 0 Å². The number of nitrogens with zero attached hydrogens (tertiary/aromatic N) is 3. The smallest absolute Gasteiger partial charge is 0.257 e. The van der Waals surface area contributed by atoms with Crippen molar-refractivity contribution in [3.63, 3.8) is 0 Å². The largest absolute Gasteiger partial charge is 0.493 e. The number of rotatable bonds is 6. The van der Waals surface area contributed by atoms with Gasteiger partial charge in [-0.25, -0.2) is 0 Å². The molecule has 4 rings (SSSR count). The van der Waals surface area contributed by atoms with Crippen molar-refractivity contribution in [2.45, 2.75) is 25.4 Å². The molecule has 0 saturated carbocycles. The quantitative estimate of drug-likeness (QED) is 0.580. The Morgan fingerprint density at radius 2 is 1.97 bits per heavy atom. The molecule has 0 aliphatic carbocycles. The summed E-state index contributed by atoms with van der Waals surface area (Å²) < 4.78 is 12.5. The van der Waals surface area contributed by atoms with Crippen LogP contribution >= 0.6 is 11.6 Å². The van der Waals surface area contributed by atoms with Crippen molar-refractivity contribution < 1.29 is 14.3 Å². The lowest BCUT2D eigenvalue weighted by Crippen LogP contribution is -2.30. The molecule has 0 bridgehead atoms. The molecule has 1 unspecified atom stereocenters. The molecule has 1 amide bonds. The van der Waals surface area contributed by atoms with E-state index < -0.39 is 0 Å². The fraction of sp³-hybridized carbons (Fsp3) is 0.304. The van der Waals surface area contributed by atoms with Crippen molar-refractivity contribution in [1.82, 2.24) is 14.7 Å². The van der Waals surface area contributed by atoms with E-state index in [4.69, 9.17) is 21.1 Å². The molecule has 1 aromatic heterocycles. The number of benzene rings is 2. The zero-order chi connectivity index (χ0) is 21.1. The first-order valence-electron chi connectivity index (χ1n) is 9.89. The van der Waals surface area contributed by atoms with Gasteiger partial charge in [0.05, 0.1) is 38.6 Å². The van der Waals surface area contributed by atoms with Crippen LogP contribution in [0.1, 0.15) is 40.4 Å². The van der Waals surface area contributed by atoms with E-state index in [1.807, 2.05) is 47.4 Å². The van der Waals surface area contributed by atoms with Crippen molar-refractivity contribution >= 4 is 17.5 Å². The van der Waals surface area contributed by atoms with Gasteiger partial charge < -0.3 is 14.4 Å². The van der Waals surface area contributed by atoms with E-state index >= 15 is 0 Å². The lowest BCUT2D eigenvalue weighted by Gasteiger charge is -2.25. The van der Waals surface area contributed by atoms with Crippen LogP contribution in [0, 0.1) is 0 Å². The highest BCUT2D eigenvalue weighted by Gasteiger charge is 2.31. The number of likely N-dealkylation sites (tertiary alicyclic amines) is 1. The summed E-state index contributed by atoms with van der Waals surface area (Å²) in [6.45, 7) is 1.24. The predicted molar refractivity (Wildman–Crippen MR) is 115 cm³/mol. The topological polar surface area (TPSA) is 56.6 Å². The maximum atomic E-state index is 13.2. The Labute approximate surface area is 181 Å². The van der Waals surface area contributed by atoms with Crippen LogP contribution < -0.4 is 9.47 Å². The van der Waals surface area contributed by atoms with E-state index in [2.05, 4.69) is 5.10 Å². The fourth-order valence-corrected chi connectivity index (χ4v) is 4.14. The summed E-state index contributed by atoms with van der Waals surface area (Å²) in [6.07, 6.45) is 5.28. The lowest BCUT2D eigenvalue weighted by atomic mass is 10.0. The molecule has 2 aromatic carbocycles. The second-order valence-corrected chi connectivity index (χ2v) is 7.70. The number of amides is 1. The molecular weight excluding hydrogens is 402 g/mol. The highest BCUT2D eigenvalue weighted by atomic mass is 35.5.